The van der Waals surface area contributed by atoms with Crippen LogP contribution in [0.5, 0.6) is 5.75 Å². The van der Waals surface area contributed by atoms with Crippen LogP contribution in [0.1, 0.15) is 12.5 Å². The van der Waals surface area contributed by atoms with E-state index in [1.165, 1.54) is 11.4 Å². The molecular weight excluding hydrogens is 264 g/mol. The van der Waals surface area contributed by atoms with Gasteiger partial charge in [0.05, 0.1) is 7.11 Å². The van der Waals surface area contributed by atoms with Gasteiger partial charge in [0, 0.05) is 25.7 Å². The molecule has 106 valence electrons. The summed E-state index contributed by atoms with van der Waals surface area (Å²) in [6.07, 6.45) is 0. The molecule has 1 aliphatic rings. The summed E-state index contributed by atoms with van der Waals surface area (Å²) in [7, 11) is -2.00. The lowest BCUT2D eigenvalue weighted by molar-refractivity contribution is 0.308. The number of nitrogens with zero attached hydrogens (tertiary/aromatic N) is 1. The smallest absolute Gasteiger partial charge is 0.246 e. The molecule has 0 radical (unpaired) electrons. The first-order valence-corrected chi connectivity index (χ1v) is 7.77. The predicted octanol–water partition coefficient (Wildman–Crippen LogP) is 0.986. The van der Waals surface area contributed by atoms with E-state index in [0.717, 1.165) is 5.56 Å². The Balaban J connectivity index is 2.41. The van der Waals surface area contributed by atoms with Gasteiger partial charge >= 0.3 is 0 Å². The van der Waals surface area contributed by atoms with Gasteiger partial charge in [-0.2, -0.15) is 4.31 Å². The maximum Gasteiger partial charge on any atom is 0.246 e. The average molecular weight is 284 g/mol. The van der Waals surface area contributed by atoms with Crippen LogP contribution in [0.15, 0.2) is 23.1 Å². The second-order valence-corrected chi connectivity index (χ2v) is 6.78. The SMILES string of the molecule is COc1ccc(C)cc1S(=O)(=O)N1CCN[C@@H](C)C1. The number of ether oxygens (including phenoxy) is 1. The van der Waals surface area contributed by atoms with E-state index >= 15 is 0 Å². The van der Waals surface area contributed by atoms with Crippen molar-refractivity contribution in [2.45, 2.75) is 24.8 Å². The van der Waals surface area contributed by atoms with Crippen molar-refractivity contribution < 1.29 is 13.2 Å². The molecule has 0 bridgehead atoms. The fourth-order valence-electron chi connectivity index (χ4n) is 2.24. The number of piperazine rings is 1. The molecule has 5 nitrogen and oxygen atoms in total. The molecule has 6 heteroatoms. The third-order valence-electron chi connectivity index (χ3n) is 3.27. The van der Waals surface area contributed by atoms with Gasteiger partial charge in [0.15, 0.2) is 0 Å². The molecule has 1 atom stereocenters. The summed E-state index contributed by atoms with van der Waals surface area (Å²) in [5.41, 5.74) is 0.905. The van der Waals surface area contributed by atoms with Gasteiger partial charge in [0.25, 0.3) is 0 Å². The zero-order valence-electron chi connectivity index (χ0n) is 11.5. The molecule has 1 saturated heterocycles. The van der Waals surface area contributed by atoms with Crippen molar-refractivity contribution in [3.63, 3.8) is 0 Å². The number of hydrogen-bond acceptors (Lipinski definition) is 4. The van der Waals surface area contributed by atoms with Crippen LogP contribution in [0.25, 0.3) is 0 Å². The highest BCUT2D eigenvalue weighted by molar-refractivity contribution is 7.89. The molecule has 0 unspecified atom stereocenters. The van der Waals surface area contributed by atoms with Crippen LogP contribution >= 0.6 is 0 Å². The molecule has 1 aromatic rings. The van der Waals surface area contributed by atoms with Crippen molar-refractivity contribution in [3.05, 3.63) is 23.8 Å². The number of hydrogen-bond donors (Lipinski definition) is 1. The highest BCUT2D eigenvalue weighted by Gasteiger charge is 2.30. The van der Waals surface area contributed by atoms with Gasteiger partial charge in [-0.15, -0.1) is 0 Å². The fourth-order valence-corrected chi connectivity index (χ4v) is 4.01. The molecule has 2 rings (SSSR count). The second kappa shape index (κ2) is 5.48. The molecule has 1 N–H and O–H groups in total. The molecule has 1 aliphatic heterocycles. The van der Waals surface area contributed by atoms with Crippen molar-refractivity contribution in [3.8, 4) is 5.75 Å². The lowest BCUT2D eigenvalue weighted by Gasteiger charge is -2.31. The minimum Gasteiger partial charge on any atom is -0.495 e. The molecule has 0 saturated carbocycles. The van der Waals surface area contributed by atoms with Crippen LogP contribution in [0.3, 0.4) is 0 Å². The third kappa shape index (κ3) is 2.91. The van der Waals surface area contributed by atoms with Crippen molar-refractivity contribution in [1.29, 1.82) is 0 Å². The van der Waals surface area contributed by atoms with E-state index in [2.05, 4.69) is 5.32 Å². The quantitative estimate of drug-likeness (QED) is 0.899. The number of benzene rings is 1. The first kappa shape index (κ1) is 14.3. The van der Waals surface area contributed by atoms with Gasteiger partial charge < -0.3 is 10.1 Å². The van der Waals surface area contributed by atoms with Crippen LogP contribution < -0.4 is 10.1 Å². The zero-order valence-corrected chi connectivity index (χ0v) is 12.3. The summed E-state index contributed by atoms with van der Waals surface area (Å²) in [4.78, 5) is 0.254. The Morgan fingerprint density at radius 3 is 2.79 bits per heavy atom. The van der Waals surface area contributed by atoms with Gasteiger partial charge in [-0.05, 0) is 31.5 Å². The lowest BCUT2D eigenvalue weighted by Crippen LogP contribution is -2.51. The van der Waals surface area contributed by atoms with Crippen molar-refractivity contribution >= 4 is 10.0 Å². The lowest BCUT2D eigenvalue weighted by atomic mass is 10.2. The summed E-state index contributed by atoms with van der Waals surface area (Å²) >= 11 is 0. The van der Waals surface area contributed by atoms with Crippen LogP contribution in [-0.4, -0.2) is 45.5 Å². The molecule has 0 aliphatic carbocycles. The first-order chi connectivity index (χ1) is 8.95. The standard InChI is InChI=1S/C13H20N2O3S/c1-10-4-5-12(18-3)13(8-10)19(16,17)15-7-6-14-11(2)9-15/h4-5,8,11,14H,6-7,9H2,1-3H3/t11-/m0/s1. The van der Waals surface area contributed by atoms with E-state index in [-0.39, 0.29) is 10.9 Å². The summed E-state index contributed by atoms with van der Waals surface area (Å²) < 4.78 is 32.1. The van der Waals surface area contributed by atoms with E-state index in [9.17, 15) is 8.42 Å². The maximum absolute atomic E-state index is 12.7. The van der Waals surface area contributed by atoms with E-state index in [4.69, 9.17) is 4.74 Å². The molecule has 1 fully saturated rings. The molecule has 0 aromatic heterocycles. The average Bonchev–Trinajstić information content (AvgIpc) is 2.38. The Bertz CT molecular complexity index is 557. The Morgan fingerprint density at radius 2 is 2.16 bits per heavy atom. The number of nitrogens with one attached hydrogen (secondary N) is 1. The van der Waals surface area contributed by atoms with E-state index in [0.29, 0.717) is 25.4 Å². The highest BCUT2D eigenvalue weighted by Crippen LogP contribution is 2.28. The fraction of sp³-hybridized carbons (Fsp3) is 0.538. The summed E-state index contributed by atoms with van der Waals surface area (Å²) in [6.45, 7) is 5.51. The minimum absolute atomic E-state index is 0.166. The van der Waals surface area contributed by atoms with Crippen molar-refractivity contribution in [1.82, 2.24) is 9.62 Å². The normalized spacial score (nSPS) is 21.3. The van der Waals surface area contributed by atoms with Gasteiger partial charge in [0.2, 0.25) is 10.0 Å². The third-order valence-corrected chi connectivity index (χ3v) is 5.15. The van der Waals surface area contributed by atoms with E-state index in [1.54, 1.807) is 12.1 Å². The molecule has 1 aromatic carbocycles. The minimum atomic E-state index is -3.49. The van der Waals surface area contributed by atoms with E-state index in [1.807, 2.05) is 19.9 Å². The van der Waals surface area contributed by atoms with Crippen molar-refractivity contribution in [2.24, 2.45) is 0 Å². The summed E-state index contributed by atoms with van der Waals surface area (Å²) in [6, 6.07) is 5.38. The van der Waals surface area contributed by atoms with Gasteiger partial charge in [-0.3, -0.25) is 0 Å². The second-order valence-electron chi connectivity index (χ2n) is 4.87. The van der Waals surface area contributed by atoms with Gasteiger partial charge in [-0.25, -0.2) is 8.42 Å². The predicted molar refractivity (Wildman–Crippen MR) is 74.0 cm³/mol. The van der Waals surface area contributed by atoms with Crippen LogP contribution in [0.4, 0.5) is 0 Å². The van der Waals surface area contributed by atoms with Crippen LogP contribution in [0, 0.1) is 6.92 Å². The van der Waals surface area contributed by atoms with E-state index < -0.39 is 10.0 Å². The van der Waals surface area contributed by atoms with Gasteiger partial charge in [-0.1, -0.05) is 6.07 Å². The summed E-state index contributed by atoms with van der Waals surface area (Å²) in [5.74, 6) is 0.400. The topological polar surface area (TPSA) is 58.6 Å². The van der Waals surface area contributed by atoms with Gasteiger partial charge in [0.1, 0.15) is 10.6 Å². The largest absolute Gasteiger partial charge is 0.495 e. The Kier molecular flexibility index (Phi) is 4.13. The molecular formula is C13H20N2O3S. The monoisotopic (exact) mass is 284 g/mol. The summed E-state index contributed by atoms with van der Waals surface area (Å²) in [5, 5.41) is 3.24. The number of aryl methyl sites for hydroxylation is 1. The maximum atomic E-state index is 12.7. The number of sulfonamides is 1. The Hall–Kier alpha value is -1.11. The molecule has 1 heterocycles. The molecule has 19 heavy (non-hydrogen) atoms. The number of methoxy groups -OCH3 is 1. The van der Waals surface area contributed by atoms with Crippen molar-refractivity contribution in [2.75, 3.05) is 26.7 Å². The Labute approximate surface area is 114 Å². The van der Waals surface area contributed by atoms with Crippen LogP contribution in [0.2, 0.25) is 0 Å². The first-order valence-electron chi connectivity index (χ1n) is 6.33. The number of rotatable bonds is 3. The highest BCUT2D eigenvalue weighted by atomic mass is 32.2. The molecule has 0 spiro atoms. The van der Waals surface area contributed by atoms with Crippen LogP contribution in [-0.2, 0) is 10.0 Å². The molecule has 0 amide bonds. The zero-order chi connectivity index (χ0) is 14.0. The Morgan fingerprint density at radius 1 is 1.42 bits per heavy atom.